The second kappa shape index (κ2) is 6.10. The van der Waals surface area contributed by atoms with Crippen molar-refractivity contribution in [3.05, 3.63) is 53.3 Å². The summed E-state index contributed by atoms with van der Waals surface area (Å²) >= 11 is 0. The van der Waals surface area contributed by atoms with Gasteiger partial charge in [0.25, 0.3) is 5.91 Å². The van der Waals surface area contributed by atoms with Crippen molar-refractivity contribution in [2.24, 2.45) is 0 Å². The number of rotatable bonds is 2. The lowest BCUT2D eigenvalue weighted by atomic mass is 10.0. The Balaban J connectivity index is 1.93. The molecule has 1 aromatic carbocycles. The van der Waals surface area contributed by atoms with Crippen LogP contribution in [0, 0.1) is 0 Å². The number of nitrogens with zero attached hydrogens (tertiary/aromatic N) is 1. The van der Waals surface area contributed by atoms with Crippen molar-refractivity contribution in [1.82, 2.24) is 4.98 Å². The van der Waals surface area contributed by atoms with Gasteiger partial charge in [0.05, 0.1) is 11.3 Å². The molecule has 1 aliphatic heterocycles. The first-order valence-corrected chi connectivity index (χ1v) is 7.47. The van der Waals surface area contributed by atoms with E-state index in [-0.39, 0.29) is 23.6 Å². The van der Waals surface area contributed by atoms with Gasteiger partial charge in [0.2, 0.25) is 5.60 Å². The molecule has 2 aromatic rings. The molecule has 0 fully saturated rings. The summed E-state index contributed by atoms with van der Waals surface area (Å²) in [6.07, 6.45) is -3.64. The number of hydrogen-bond donors (Lipinski definition) is 2. The van der Waals surface area contributed by atoms with Gasteiger partial charge in [0.15, 0.2) is 5.78 Å². The van der Waals surface area contributed by atoms with E-state index in [4.69, 9.17) is 4.74 Å². The zero-order chi connectivity index (χ0) is 19.1. The molecule has 0 saturated heterocycles. The standard InChI is InChI=1S/C17H13F3N2O4/c1-16(25,17(18,19)20)15(24)22-9-4-5-13-11(7-9)14(23)10-3-2-6-21-12(10)8-26-13/h2-7,25H,8H2,1H3,(H,22,24). The highest BCUT2D eigenvalue weighted by Gasteiger charge is 2.55. The van der Waals surface area contributed by atoms with Crippen molar-refractivity contribution in [3.63, 3.8) is 0 Å². The molecule has 26 heavy (non-hydrogen) atoms. The topological polar surface area (TPSA) is 88.5 Å². The van der Waals surface area contributed by atoms with Crippen LogP contribution in [0.5, 0.6) is 5.75 Å². The van der Waals surface area contributed by atoms with Crippen LogP contribution in [0.15, 0.2) is 36.5 Å². The summed E-state index contributed by atoms with van der Waals surface area (Å²) in [5.74, 6) is -1.87. The summed E-state index contributed by atoms with van der Waals surface area (Å²) in [6, 6.07) is 6.97. The Morgan fingerprint density at radius 2 is 2.00 bits per heavy atom. The van der Waals surface area contributed by atoms with E-state index in [1.165, 1.54) is 24.4 Å². The fourth-order valence-corrected chi connectivity index (χ4v) is 2.34. The van der Waals surface area contributed by atoms with Crippen molar-refractivity contribution >= 4 is 17.4 Å². The number of halogens is 3. The van der Waals surface area contributed by atoms with E-state index in [2.05, 4.69) is 4.98 Å². The van der Waals surface area contributed by atoms with Crippen molar-refractivity contribution in [2.45, 2.75) is 25.3 Å². The smallest absolute Gasteiger partial charge is 0.426 e. The lowest BCUT2D eigenvalue weighted by Gasteiger charge is -2.25. The number of hydrogen-bond acceptors (Lipinski definition) is 5. The number of ketones is 1. The van der Waals surface area contributed by atoms with Gasteiger partial charge in [-0.1, -0.05) is 0 Å². The second-order valence-electron chi connectivity index (χ2n) is 5.85. The molecular formula is C17H13F3N2O4. The van der Waals surface area contributed by atoms with Gasteiger partial charge < -0.3 is 15.2 Å². The van der Waals surface area contributed by atoms with E-state index >= 15 is 0 Å². The van der Waals surface area contributed by atoms with Crippen LogP contribution < -0.4 is 10.1 Å². The maximum Gasteiger partial charge on any atom is 0.426 e. The SMILES string of the molecule is CC(O)(C(=O)Nc1ccc2c(c1)C(=O)c1cccnc1CO2)C(F)(F)F. The van der Waals surface area contributed by atoms with Crippen molar-refractivity contribution in [1.29, 1.82) is 0 Å². The van der Waals surface area contributed by atoms with Crippen LogP contribution in [0.2, 0.25) is 0 Å². The molecule has 2 N–H and O–H groups in total. The Bertz CT molecular complexity index is 894. The number of amides is 1. The minimum absolute atomic E-state index is 0.0589. The van der Waals surface area contributed by atoms with E-state index in [1.807, 2.05) is 5.32 Å². The zero-order valence-electron chi connectivity index (χ0n) is 13.4. The molecule has 3 rings (SSSR count). The highest BCUT2D eigenvalue weighted by molar-refractivity contribution is 6.12. The molecule has 1 aromatic heterocycles. The number of carbonyl (C=O) groups excluding carboxylic acids is 2. The summed E-state index contributed by atoms with van der Waals surface area (Å²) in [4.78, 5) is 28.5. The first-order valence-electron chi connectivity index (χ1n) is 7.47. The summed E-state index contributed by atoms with van der Waals surface area (Å²) < 4.78 is 43.7. The summed E-state index contributed by atoms with van der Waals surface area (Å²) in [5, 5.41) is 11.4. The normalized spacial score (nSPS) is 15.8. The minimum atomic E-state index is -5.15. The lowest BCUT2D eigenvalue weighted by molar-refractivity contribution is -0.242. The van der Waals surface area contributed by atoms with Gasteiger partial charge in [-0.25, -0.2) is 0 Å². The van der Waals surface area contributed by atoms with Crippen LogP contribution in [0.3, 0.4) is 0 Å². The molecule has 0 spiro atoms. The molecule has 0 bridgehead atoms. The largest absolute Gasteiger partial charge is 0.486 e. The summed E-state index contributed by atoms with van der Waals surface area (Å²) in [7, 11) is 0. The van der Waals surface area contributed by atoms with Gasteiger partial charge in [-0.2, -0.15) is 13.2 Å². The summed E-state index contributed by atoms with van der Waals surface area (Å²) in [6.45, 7) is 0.408. The first-order chi connectivity index (χ1) is 12.1. The molecule has 1 aliphatic rings. The van der Waals surface area contributed by atoms with Gasteiger partial charge in [-0.3, -0.25) is 14.6 Å². The molecule has 6 nitrogen and oxygen atoms in total. The minimum Gasteiger partial charge on any atom is -0.486 e. The number of carbonyl (C=O) groups is 2. The number of nitrogens with one attached hydrogen (secondary N) is 1. The van der Waals surface area contributed by atoms with Crippen molar-refractivity contribution < 1.29 is 32.6 Å². The number of aliphatic hydroxyl groups is 1. The van der Waals surface area contributed by atoms with Crippen LogP contribution in [0.4, 0.5) is 18.9 Å². The Morgan fingerprint density at radius 3 is 2.69 bits per heavy atom. The number of benzene rings is 1. The average Bonchev–Trinajstić information content (AvgIpc) is 2.72. The fraction of sp³-hybridized carbons (Fsp3) is 0.235. The molecule has 9 heteroatoms. The van der Waals surface area contributed by atoms with Gasteiger partial charge in [-0.05, 0) is 37.3 Å². The molecule has 0 radical (unpaired) electrons. The molecule has 1 atom stereocenters. The van der Waals surface area contributed by atoms with Crippen LogP contribution >= 0.6 is 0 Å². The number of alkyl halides is 3. The third-order valence-corrected chi connectivity index (χ3v) is 3.98. The molecule has 1 unspecified atom stereocenters. The quantitative estimate of drug-likeness (QED) is 0.852. The van der Waals surface area contributed by atoms with Crippen molar-refractivity contribution in [2.75, 3.05) is 5.32 Å². The molecule has 0 saturated carbocycles. The van der Waals surface area contributed by atoms with Crippen molar-refractivity contribution in [3.8, 4) is 5.75 Å². The fourth-order valence-electron chi connectivity index (χ4n) is 2.34. The number of aromatic nitrogens is 1. The average molecular weight is 366 g/mol. The predicted octanol–water partition coefficient (Wildman–Crippen LogP) is 2.46. The molecule has 1 amide bonds. The Hall–Kier alpha value is -2.94. The predicted molar refractivity (Wildman–Crippen MR) is 83.8 cm³/mol. The van der Waals surface area contributed by atoms with Gasteiger partial charge >= 0.3 is 6.18 Å². The number of fused-ring (bicyclic) bond motifs is 2. The molecule has 0 aliphatic carbocycles. The Kier molecular flexibility index (Phi) is 4.19. The van der Waals surface area contributed by atoms with Crippen LogP contribution in [-0.4, -0.2) is 33.6 Å². The van der Waals surface area contributed by atoms with E-state index < -0.39 is 23.5 Å². The van der Waals surface area contributed by atoms with Crippen LogP contribution in [0.1, 0.15) is 28.5 Å². The first kappa shape index (κ1) is 17.9. The van der Waals surface area contributed by atoms with Gasteiger partial charge in [0.1, 0.15) is 12.4 Å². The summed E-state index contributed by atoms with van der Waals surface area (Å²) in [5.41, 5.74) is -2.85. The highest BCUT2D eigenvalue weighted by Crippen LogP contribution is 2.33. The van der Waals surface area contributed by atoms with E-state index in [0.717, 1.165) is 0 Å². The van der Waals surface area contributed by atoms with E-state index in [9.17, 15) is 27.9 Å². The third kappa shape index (κ3) is 3.01. The van der Waals surface area contributed by atoms with Gasteiger partial charge in [0, 0.05) is 17.4 Å². The third-order valence-electron chi connectivity index (χ3n) is 3.98. The Morgan fingerprint density at radius 1 is 1.27 bits per heavy atom. The maximum atomic E-state index is 12.7. The van der Waals surface area contributed by atoms with Crippen LogP contribution in [0.25, 0.3) is 0 Å². The molecule has 2 heterocycles. The van der Waals surface area contributed by atoms with Crippen LogP contribution in [-0.2, 0) is 11.4 Å². The maximum absolute atomic E-state index is 12.7. The number of pyridine rings is 1. The molecular weight excluding hydrogens is 353 g/mol. The lowest BCUT2D eigenvalue weighted by Crippen LogP contribution is -2.52. The monoisotopic (exact) mass is 366 g/mol. The number of ether oxygens (including phenoxy) is 1. The number of anilines is 1. The second-order valence-corrected chi connectivity index (χ2v) is 5.85. The van der Waals surface area contributed by atoms with E-state index in [0.29, 0.717) is 18.2 Å². The van der Waals surface area contributed by atoms with Gasteiger partial charge in [-0.15, -0.1) is 0 Å². The van der Waals surface area contributed by atoms with E-state index in [1.54, 1.807) is 12.1 Å². The molecule has 136 valence electrons. The highest BCUT2D eigenvalue weighted by atomic mass is 19.4. The Labute approximate surface area is 145 Å². The zero-order valence-corrected chi connectivity index (χ0v) is 13.4.